The summed E-state index contributed by atoms with van der Waals surface area (Å²) in [6.45, 7) is 0. The Kier molecular flexibility index (Phi) is 4.30. The summed E-state index contributed by atoms with van der Waals surface area (Å²) in [5.74, 6) is 0. The van der Waals surface area contributed by atoms with Gasteiger partial charge in [0, 0.05) is 6.04 Å². The maximum atomic E-state index is 10.2. The van der Waals surface area contributed by atoms with Crippen LogP contribution in [0.2, 0.25) is 0 Å². The zero-order valence-electron chi connectivity index (χ0n) is 10.5. The molecule has 2 rings (SSSR count). The molecule has 19 heavy (non-hydrogen) atoms. The van der Waals surface area contributed by atoms with Crippen LogP contribution in [0.1, 0.15) is 22.8 Å². The van der Waals surface area contributed by atoms with Crippen LogP contribution in [0.3, 0.4) is 0 Å². The van der Waals surface area contributed by atoms with Gasteiger partial charge in [0.15, 0.2) is 0 Å². The molecule has 0 saturated heterocycles. The Morgan fingerprint density at radius 2 is 1.84 bits per heavy atom. The van der Waals surface area contributed by atoms with Gasteiger partial charge >= 0.3 is 0 Å². The van der Waals surface area contributed by atoms with Gasteiger partial charge < -0.3 is 10.8 Å². The number of rotatable bonds is 4. The van der Waals surface area contributed by atoms with Crippen molar-refractivity contribution in [2.45, 2.75) is 18.6 Å². The van der Waals surface area contributed by atoms with E-state index in [0.717, 1.165) is 5.56 Å². The summed E-state index contributed by atoms with van der Waals surface area (Å²) in [6.07, 6.45) is -0.174. The molecular weight excluding hydrogens is 236 g/mol. The summed E-state index contributed by atoms with van der Waals surface area (Å²) >= 11 is 0. The van der Waals surface area contributed by atoms with Crippen molar-refractivity contribution in [2.24, 2.45) is 5.73 Å². The molecule has 0 heterocycles. The highest BCUT2D eigenvalue weighted by Crippen LogP contribution is 2.19. The van der Waals surface area contributed by atoms with Crippen molar-refractivity contribution >= 4 is 0 Å². The highest BCUT2D eigenvalue weighted by Gasteiger charge is 2.17. The van der Waals surface area contributed by atoms with Crippen molar-refractivity contribution in [3.8, 4) is 6.07 Å². The van der Waals surface area contributed by atoms with Gasteiger partial charge in [0.1, 0.15) is 0 Å². The Bertz CT molecular complexity index is 575. The van der Waals surface area contributed by atoms with Crippen LogP contribution in [0.15, 0.2) is 54.6 Å². The molecule has 0 radical (unpaired) electrons. The molecule has 2 aromatic carbocycles. The molecule has 3 N–H and O–H groups in total. The molecule has 0 aromatic heterocycles. The number of benzene rings is 2. The largest absolute Gasteiger partial charge is 0.387 e. The standard InChI is InChI=1S/C16H16N2O/c17-11-13-7-4-8-14(9-13)16(19)15(18)10-12-5-2-1-3-6-12/h1-9,15-16,19H,10,18H2. The predicted molar refractivity (Wildman–Crippen MR) is 74.2 cm³/mol. The Labute approximate surface area is 112 Å². The van der Waals surface area contributed by atoms with Crippen molar-refractivity contribution < 1.29 is 5.11 Å². The quantitative estimate of drug-likeness (QED) is 0.876. The van der Waals surface area contributed by atoms with E-state index >= 15 is 0 Å². The van der Waals surface area contributed by atoms with Gasteiger partial charge in [-0.2, -0.15) is 5.26 Å². The molecule has 0 aliphatic heterocycles. The fraction of sp³-hybridized carbons (Fsp3) is 0.188. The maximum absolute atomic E-state index is 10.2. The zero-order chi connectivity index (χ0) is 13.7. The maximum Gasteiger partial charge on any atom is 0.0991 e. The van der Waals surface area contributed by atoms with Gasteiger partial charge in [-0.3, -0.25) is 0 Å². The summed E-state index contributed by atoms with van der Waals surface area (Å²) in [6, 6.07) is 18.4. The molecule has 2 aromatic rings. The molecule has 3 heteroatoms. The first-order chi connectivity index (χ1) is 9.20. The van der Waals surface area contributed by atoms with Crippen LogP contribution >= 0.6 is 0 Å². The molecule has 96 valence electrons. The molecule has 0 amide bonds. The lowest BCUT2D eigenvalue weighted by molar-refractivity contribution is 0.146. The zero-order valence-corrected chi connectivity index (χ0v) is 10.5. The van der Waals surface area contributed by atoms with E-state index in [1.165, 1.54) is 0 Å². The van der Waals surface area contributed by atoms with Crippen LogP contribution in [0, 0.1) is 11.3 Å². The highest BCUT2D eigenvalue weighted by molar-refractivity contribution is 5.34. The minimum absolute atomic E-state index is 0.392. The Balaban J connectivity index is 2.10. The molecular formula is C16H16N2O. The van der Waals surface area contributed by atoms with Crippen molar-refractivity contribution in [3.63, 3.8) is 0 Å². The molecule has 0 aliphatic carbocycles. The summed E-state index contributed by atoms with van der Waals surface area (Å²) < 4.78 is 0. The van der Waals surface area contributed by atoms with Crippen LogP contribution in [0.4, 0.5) is 0 Å². The van der Waals surface area contributed by atoms with Crippen LogP contribution in [-0.2, 0) is 6.42 Å². The van der Waals surface area contributed by atoms with E-state index in [4.69, 9.17) is 11.0 Å². The summed E-state index contributed by atoms with van der Waals surface area (Å²) in [5, 5.41) is 19.1. The normalized spacial score (nSPS) is 13.5. The number of nitrogens with zero attached hydrogens (tertiary/aromatic N) is 1. The predicted octanol–water partition coefficient (Wildman–Crippen LogP) is 2.16. The van der Waals surface area contributed by atoms with Crippen LogP contribution < -0.4 is 5.73 Å². The van der Waals surface area contributed by atoms with Crippen LogP contribution in [-0.4, -0.2) is 11.1 Å². The molecule has 0 aliphatic rings. The van der Waals surface area contributed by atoms with E-state index in [0.29, 0.717) is 17.5 Å². The van der Waals surface area contributed by atoms with Gasteiger partial charge in [-0.15, -0.1) is 0 Å². The monoisotopic (exact) mass is 252 g/mol. The number of nitrogens with two attached hydrogens (primary N) is 1. The van der Waals surface area contributed by atoms with Crippen LogP contribution in [0.25, 0.3) is 0 Å². The smallest absolute Gasteiger partial charge is 0.0991 e. The van der Waals surface area contributed by atoms with Gasteiger partial charge in [0.05, 0.1) is 17.7 Å². The number of aliphatic hydroxyl groups is 1. The van der Waals surface area contributed by atoms with E-state index in [9.17, 15) is 5.11 Å². The summed E-state index contributed by atoms with van der Waals surface area (Å²) in [7, 11) is 0. The Morgan fingerprint density at radius 3 is 2.53 bits per heavy atom. The summed E-state index contributed by atoms with van der Waals surface area (Å²) in [5.41, 5.74) is 8.34. The summed E-state index contributed by atoms with van der Waals surface area (Å²) in [4.78, 5) is 0. The molecule has 0 saturated carbocycles. The third kappa shape index (κ3) is 3.41. The van der Waals surface area contributed by atoms with Crippen molar-refractivity contribution in [2.75, 3.05) is 0 Å². The van der Waals surface area contributed by atoms with Crippen molar-refractivity contribution in [3.05, 3.63) is 71.3 Å². The molecule has 0 fully saturated rings. The first-order valence-corrected chi connectivity index (χ1v) is 6.18. The second-order valence-electron chi connectivity index (χ2n) is 4.54. The molecule has 3 nitrogen and oxygen atoms in total. The number of hydrogen-bond acceptors (Lipinski definition) is 3. The molecule has 0 spiro atoms. The van der Waals surface area contributed by atoms with E-state index in [2.05, 4.69) is 6.07 Å². The Morgan fingerprint density at radius 1 is 1.11 bits per heavy atom. The Hall–Kier alpha value is -2.15. The lowest BCUT2D eigenvalue weighted by Crippen LogP contribution is -2.30. The van der Waals surface area contributed by atoms with Crippen LogP contribution in [0.5, 0.6) is 0 Å². The second kappa shape index (κ2) is 6.14. The SMILES string of the molecule is N#Cc1cccc(C(O)C(N)Cc2ccccc2)c1. The lowest BCUT2D eigenvalue weighted by Gasteiger charge is -2.19. The highest BCUT2D eigenvalue weighted by atomic mass is 16.3. The van der Waals surface area contributed by atoms with Gasteiger partial charge in [-0.1, -0.05) is 42.5 Å². The van der Waals surface area contributed by atoms with Gasteiger partial charge in [-0.25, -0.2) is 0 Å². The number of hydrogen-bond donors (Lipinski definition) is 2. The third-order valence-electron chi connectivity index (χ3n) is 3.08. The molecule has 2 atom stereocenters. The van der Waals surface area contributed by atoms with Gasteiger partial charge in [-0.05, 0) is 29.7 Å². The average Bonchev–Trinajstić information content (AvgIpc) is 2.47. The second-order valence-corrected chi connectivity index (χ2v) is 4.54. The van der Waals surface area contributed by atoms with E-state index in [1.54, 1.807) is 24.3 Å². The first kappa shape index (κ1) is 13.3. The minimum atomic E-state index is -0.770. The molecule has 0 bridgehead atoms. The van der Waals surface area contributed by atoms with E-state index in [1.807, 2.05) is 30.3 Å². The average molecular weight is 252 g/mol. The third-order valence-corrected chi connectivity index (χ3v) is 3.08. The fourth-order valence-electron chi connectivity index (χ4n) is 2.04. The van der Waals surface area contributed by atoms with E-state index in [-0.39, 0.29) is 0 Å². The number of aliphatic hydroxyl groups excluding tert-OH is 1. The number of nitriles is 1. The van der Waals surface area contributed by atoms with Crippen molar-refractivity contribution in [1.82, 2.24) is 0 Å². The van der Waals surface area contributed by atoms with Gasteiger partial charge in [0.2, 0.25) is 0 Å². The fourth-order valence-corrected chi connectivity index (χ4v) is 2.04. The minimum Gasteiger partial charge on any atom is -0.387 e. The van der Waals surface area contributed by atoms with E-state index < -0.39 is 12.1 Å². The molecule has 2 unspecified atom stereocenters. The first-order valence-electron chi connectivity index (χ1n) is 6.18. The topological polar surface area (TPSA) is 70.0 Å². The lowest BCUT2D eigenvalue weighted by atomic mass is 9.96. The van der Waals surface area contributed by atoms with Crippen molar-refractivity contribution in [1.29, 1.82) is 5.26 Å². The van der Waals surface area contributed by atoms with Gasteiger partial charge in [0.25, 0.3) is 0 Å².